The molecule has 28 heavy (non-hydrogen) atoms. The molecule has 1 aliphatic heterocycles. The predicted octanol–water partition coefficient (Wildman–Crippen LogP) is 2.44. The van der Waals surface area contributed by atoms with Crippen LogP contribution >= 0.6 is 0 Å². The molecule has 7 heteroatoms. The van der Waals surface area contributed by atoms with Crippen molar-refractivity contribution in [1.29, 1.82) is 0 Å². The summed E-state index contributed by atoms with van der Waals surface area (Å²) in [6.07, 6.45) is 3.58. The summed E-state index contributed by atoms with van der Waals surface area (Å²) >= 11 is 0. The van der Waals surface area contributed by atoms with Crippen molar-refractivity contribution >= 4 is 5.91 Å². The maximum atomic E-state index is 12.7. The van der Waals surface area contributed by atoms with Crippen LogP contribution in [0.3, 0.4) is 0 Å². The van der Waals surface area contributed by atoms with Crippen LogP contribution in [0.5, 0.6) is 5.75 Å². The molecule has 1 aliphatic rings. The topological polar surface area (TPSA) is 79.6 Å². The van der Waals surface area contributed by atoms with Gasteiger partial charge in [0.2, 0.25) is 0 Å². The van der Waals surface area contributed by atoms with Crippen LogP contribution < -0.4 is 5.32 Å². The van der Waals surface area contributed by atoms with E-state index in [-0.39, 0.29) is 23.4 Å². The predicted molar refractivity (Wildman–Crippen MR) is 108 cm³/mol. The summed E-state index contributed by atoms with van der Waals surface area (Å²) in [7, 11) is 0. The lowest BCUT2D eigenvalue weighted by Gasteiger charge is -2.38. The van der Waals surface area contributed by atoms with Crippen LogP contribution in [0.2, 0.25) is 0 Å². The molecule has 0 radical (unpaired) electrons. The van der Waals surface area contributed by atoms with Crippen LogP contribution in [0.1, 0.15) is 37.2 Å². The number of rotatable bonds is 8. The molecule has 7 nitrogen and oxygen atoms in total. The van der Waals surface area contributed by atoms with Crippen LogP contribution in [-0.4, -0.2) is 64.6 Å². The van der Waals surface area contributed by atoms with Gasteiger partial charge in [-0.1, -0.05) is 44.9 Å². The van der Waals surface area contributed by atoms with Crippen LogP contribution in [0, 0.1) is 5.92 Å². The second kappa shape index (κ2) is 9.71. The molecule has 0 spiro atoms. The third kappa shape index (κ3) is 4.72. The molecule has 1 fully saturated rings. The first-order valence-electron chi connectivity index (χ1n) is 10.1. The van der Waals surface area contributed by atoms with Crippen LogP contribution in [0.25, 0.3) is 5.69 Å². The quantitative estimate of drug-likeness (QED) is 0.728. The zero-order chi connectivity index (χ0) is 19.9. The Labute approximate surface area is 166 Å². The number of nitrogens with one attached hydrogen (secondary N) is 1. The molecular formula is C21H30N4O3. The van der Waals surface area contributed by atoms with Crippen molar-refractivity contribution in [3.63, 3.8) is 0 Å². The van der Waals surface area contributed by atoms with Gasteiger partial charge in [0.05, 0.1) is 25.1 Å². The molecule has 3 rings (SSSR count). The summed E-state index contributed by atoms with van der Waals surface area (Å²) in [6.45, 7) is 8.13. The molecule has 2 N–H and O–H groups in total. The van der Waals surface area contributed by atoms with E-state index in [9.17, 15) is 9.90 Å². The van der Waals surface area contributed by atoms with Gasteiger partial charge in [-0.3, -0.25) is 9.69 Å². The van der Waals surface area contributed by atoms with E-state index in [1.165, 1.54) is 10.9 Å². The number of carbonyl (C=O) groups excluding carboxylic acids is 1. The number of amides is 1. The largest absolute Gasteiger partial charge is 0.504 e. The molecule has 1 aromatic heterocycles. The Morgan fingerprint density at radius 2 is 1.89 bits per heavy atom. The molecule has 0 saturated carbocycles. The van der Waals surface area contributed by atoms with E-state index in [1.54, 1.807) is 0 Å². The Balaban J connectivity index is 1.69. The van der Waals surface area contributed by atoms with Crippen molar-refractivity contribution in [3.05, 3.63) is 42.2 Å². The molecule has 0 bridgehead atoms. The third-order valence-corrected chi connectivity index (χ3v) is 5.51. The zero-order valence-corrected chi connectivity index (χ0v) is 16.7. The number of aromatic hydroxyl groups is 1. The van der Waals surface area contributed by atoms with Crippen molar-refractivity contribution in [3.8, 4) is 11.4 Å². The lowest BCUT2D eigenvalue weighted by Crippen LogP contribution is -2.52. The molecule has 0 aliphatic carbocycles. The summed E-state index contributed by atoms with van der Waals surface area (Å²) in [5, 5.41) is 17.5. The lowest BCUT2D eigenvalue weighted by atomic mass is 9.92. The minimum absolute atomic E-state index is 0.0501. The highest BCUT2D eigenvalue weighted by Gasteiger charge is 2.28. The number of carbonyl (C=O) groups is 1. The first-order chi connectivity index (χ1) is 13.6. The summed E-state index contributed by atoms with van der Waals surface area (Å²) in [5.41, 5.74) is 0.842. The summed E-state index contributed by atoms with van der Waals surface area (Å²) in [4.78, 5) is 15.1. The first-order valence-corrected chi connectivity index (χ1v) is 10.1. The van der Waals surface area contributed by atoms with Crippen LogP contribution in [0.15, 0.2) is 36.5 Å². The summed E-state index contributed by atoms with van der Waals surface area (Å²) in [6, 6.07) is 9.67. The van der Waals surface area contributed by atoms with Crippen molar-refractivity contribution < 1.29 is 14.6 Å². The van der Waals surface area contributed by atoms with E-state index >= 15 is 0 Å². The molecule has 2 heterocycles. The van der Waals surface area contributed by atoms with Crippen LogP contribution in [-0.2, 0) is 4.74 Å². The fourth-order valence-corrected chi connectivity index (χ4v) is 3.86. The van der Waals surface area contributed by atoms with Gasteiger partial charge < -0.3 is 15.2 Å². The maximum absolute atomic E-state index is 12.7. The number of ether oxygens (including phenoxy) is 1. The maximum Gasteiger partial charge on any atom is 0.275 e. The monoisotopic (exact) mass is 386 g/mol. The number of para-hydroxylation sites is 1. The molecule has 1 amide bonds. The zero-order valence-electron chi connectivity index (χ0n) is 16.7. The molecule has 1 aromatic carbocycles. The van der Waals surface area contributed by atoms with Crippen molar-refractivity contribution in [1.82, 2.24) is 20.0 Å². The number of morpholine rings is 1. The highest BCUT2D eigenvalue weighted by molar-refractivity contribution is 5.94. The number of hydrogen-bond acceptors (Lipinski definition) is 5. The van der Waals surface area contributed by atoms with Gasteiger partial charge >= 0.3 is 0 Å². The average Bonchev–Trinajstić information content (AvgIpc) is 3.14. The normalized spacial score (nSPS) is 16.2. The minimum atomic E-state index is -0.351. The molecule has 1 atom stereocenters. The summed E-state index contributed by atoms with van der Waals surface area (Å²) < 4.78 is 7.00. The van der Waals surface area contributed by atoms with E-state index in [0.29, 0.717) is 12.5 Å². The van der Waals surface area contributed by atoms with Crippen molar-refractivity contribution in [2.24, 2.45) is 5.92 Å². The Morgan fingerprint density at radius 3 is 2.54 bits per heavy atom. The number of benzene rings is 1. The van der Waals surface area contributed by atoms with Gasteiger partial charge in [0.15, 0.2) is 11.4 Å². The Bertz CT molecular complexity index is 752. The van der Waals surface area contributed by atoms with E-state index in [0.717, 1.165) is 44.8 Å². The number of hydrogen-bond donors (Lipinski definition) is 2. The molecule has 2 aromatic rings. The van der Waals surface area contributed by atoms with Gasteiger partial charge in [0, 0.05) is 25.7 Å². The smallest absolute Gasteiger partial charge is 0.275 e. The van der Waals surface area contributed by atoms with Gasteiger partial charge in [-0.25, -0.2) is 4.68 Å². The summed E-state index contributed by atoms with van der Waals surface area (Å²) in [5.74, 6) is 0.0251. The van der Waals surface area contributed by atoms with E-state index in [1.807, 2.05) is 30.3 Å². The molecular weight excluding hydrogens is 356 g/mol. The van der Waals surface area contributed by atoms with Gasteiger partial charge in [-0.15, -0.1) is 0 Å². The highest BCUT2D eigenvalue weighted by atomic mass is 16.5. The van der Waals surface area contributed by atoms with E-state index < -0.39 is 0 Å². The van der Waals surface area contributed by atoms with Gasteiger partial charge in [0.1, 0.15) is 0 Å². The standard InChI is InChI=1S/C21H30N4O3/c1-3-16(4-2)18(24-10-12-28-13-11-24)14-22-21(27)20-19(26)15-25(23-20)17-8-6-5-7-9-17/h5-9,15-16,18,26H,3-4,10-14H2,1-2H3,(H,22,27). The van der Waals surface area contributed by atoms with Crippen molar-refractivity contribution in [2.45, 2.75) is 32.7 Å². The SMILES string of the molecule is CCC(CC)C(CNC(=O)c1nn(-c2ccccc2)cc1O)N1CCOCC1. The van der Waals surface area contributed by atoms with E-state index in [2.05, 4.69) is 29.2 Å². The van der Waals surface area contributed by atoms with Gasteiger partial charge in [-0.05, 0) is 18.1 Å². The minimum Gasteiger partial charge on any atom is -0.504 e. The average molecular weight is 386 g/mol. The second-order valence-corrected chi connectivity index (χ2v) is 7.15. The number of nitrogens with zero attached hydrogens (tertiary/aromatic N) is 3. The van der Waals surface area contributed by atoms with Crippen molar-refractivity contribution in [2.75, 3.05) is 32.8 Å². The van der Waals surface area contributed by atoms with E-state index in [4.69, 9.17) is 4.74 Å². The van der Waals surface area contributed by atoms with Gasteiger partial charge in [-0.2, -0.15) is 5.10 Å². The Morgan fingerprint density at radius 1 is 1.21 bits per heavy atom. The van der Waals surface area contributed by atoms with Crippen LogP contribution in [0.4, 0.5) is 0 Å². The van der Waals surface area contributed by atoms with Gasteiger partial charge in [0.25, 0.3) is 5.91 Å². The fraction of sp³-hybridized carbons (Fsp3) is 0.524. The molecule has 1 saturated heterocycles. The highest BCUT2D eigenvalue weighted by Crippen LogP contribution is 2.21. The Hall–Kier alpha value is -2.38. The lowest BCUT2D eigenvalue weighted by molar-refractivity contribution is 0.00189. The molecule has 152 valence electrons. The Kier molecular flexibility index (Phi) is 7.06. The number of aromatic nitrogens is 2. The fourth-order valence-electron chi connectivity index (χ4n) is 3.86. The second-order valence-electron chi connectivity index (χ2n) is 7.15. The first kappa shape index (κ1) is 20.4. The third-order valence-electron chi connectivity index (χ3n) is 5.51. The molecule has 1 unspecified atom stereocenters.